The number of nitrogens with zero attached hydrogens (tertiary/aromatic N) is 1. The van der Waals surface area contributed by atoms with Crippen LogP contribution in [0.3, 0.4) is 0 Å². The second kappa shape index (κ2) is 5.99. The van der Waals surface area contributed by atoms with Crippen molar-refractivity contribution in [2.75, 3.05) is 0 Å². The van der Waals surface area contributed by atoms with E-state index in [1.807, 2.05) is 57.3 Å². The van der Waals surface area contributed by atoms with E-state index in [9.17, 15) is 4.79 Å². The average molecular weight is 344 g/mol. The lowest BCUT2D eigenvalue weighted by molar-refractivity contribution is -0.117. The zero-order valence-electron chi connectivity index (χ0n) is 14.3. The molecule has 5 nitrogen and oxygen atoms in total. The quantitative estimate of drug-likeness (QED) is 0.863. The fourth-order valence-electron chi connectivity index (χ4n) is 2.46. The van der Waals surface area contributed by atoms with E-state index in [2.05, 4.69) is 4.98 Å². The maximum atomic E-state index is 11.0. The van der Waals surface area contributed by atoms with Crippen molar-refractivity contribution in [2.45, 2.75) is 45.3 Å². The van der Waals surface area contributed by atoms with Crippen molar-refractivity contribution in [1.82, 2.24) is 4.98 Å². The fraction of sp³-hybridized carbons (Fsp3) is 0.412. The first-order valence-electron chi connectivity index (χ1n) is 7.87. The normalized spacial score (nSPS) is 18.8. The molecule has 7 heteroatoms. The van der Waals surface area contributed by atoms with Gasteiger partial charge in [0, 0.05) is 10.9 Å². The van der Waals surface area contributed by atoms with Crippen LogP contribution in [0.15, 0.2) is 29.6 Å². The van der Waals surface area contributed by atoms with Crippen LogP contribution in [0.2, 0.25) is 0 Å². The van der Waals surface area contributed by atoms with E-state index in [0.29, 0.717) is 0 Å². The summed E-state index contributed by atoms with van der Waals surface area (Å²) in [6.45, 7) is 8.15. The van der Waals surface area contributed by atoms with Gasteiger partial charge in [0.2, 0.25) is 5.91 Å². The van der Waals surface area contributed by atoms with Crippen LogP contribution in [0, 0.1) is 0 Å². The summed E-state index contributed by atoms with van der Waals surface area (Å²) in [5.74, 6) is -0.369. The number of primary amides is 1. The van der Waals surface area contributed by atoms with Crippen LogP contribution < -0.4 is 11.2 Å². The summed E-state index contributed by atoms with van der Waals surface area (Å²) in [5, 5.41) is 2.66. The second-order valence-corrected chi connectivity index (χ2v) is 7.92. The first-order valence-corrected chi connectivity index (χ1v) is 8.74. The van der Waals surface area contributed by atoms with Crippen LogP contribution in [0.4, 0.5) is 0 Å². The van der Waals surface area contributed by atoms with Crippen molar-refractivity contribution in [2.24, 2.45) is 5.73 Å². The Bertz CT molecular complexity index is 739. The average Bonchev–Trinajstić information content (AvgIpc) is 3.01. The number of aromatic nitrogens is 1. The monoisotopic (exact) mass is 344 g/mol. The topological polar surface area (TPSA) is 74.4 Å². The van der Waals surface area contributed by atoms with Gasteiger partial charge in [0.1, 0.15) is 5.01 Å². The van der Waals surface area contributed by atoms with Crippen LogP contribution in [0.5, 0.6) is 0 Å². The Morgan fingerprint density at radius 3 is 2.29 bits per heavy atom. The number of benzene rings is 1. The summed E-state index contributed by atoms with van der Waals surface area (Å²) in [4.78, 5) is 15.4. The lowest BCUT2D eigenvalue weighted by atomic mass is 9.79. The standard InChI is InChI=1S/C17H21BN2O3S/c1-16(2)17(3,4)23-18(22-16)12-7-5-11(6-8-12)13-10-24-15(20-13)9-14(19)21/h5-8,10H,9H2,1-4H3,(H2,19,21). The Morgan fingerprint density at radius 2 is 1.75 bits per heavy atom. The van der Waals surface area contributed by atoms with E-state index < -0.39 is 0 Å². The molecule has 0 saturated carbocycles. The second-order valence-electron chi connectivity index (χ2n) is 6.98. The summed E-state index contributed by atoms with van der Waals surface area (Å²) in [6.07, 6.45) is 0.177. The number of nitrogens with two attached hydrogens (primary N) is 1. The molecule has 1 saturated heterocycles. The van der Waals surface area contributed by atoms with Gasteiger partial charge >= 0.3 is 7.12 Å². The van der Waals surface area contributed by atoms with Gasteiger partial charge in [0.05, 0.1) is 23.3 Å². The van der Waals surface area contributed by atoms with Gasteiger partial charge in [0.15, 0.2) is 0 Å². The molecule has 1 aromatic heterocycles. The molecule has 126 valence electrons. The molecule has 1 aliphatic heterocycles. The Balaban J connectivity index is 1.77. The van der Waals surface area contributed by atoms with Crippen LogP contribution in [0.1, 0.15) is 32.7 Å². The number of hydrogen-bond acceptors (Lipinski definition) is 5. The fourth-order valence-corrected chi connectivity index (χ4v) is 3.28. The molecule has 0 unspecified atom stereocenters. The maximum absolute atomic E-state index is 11.0. The molecule has 0 radical (unpaired) electrons. The molecule has 2 N–H and O–H groups in total. The van der Waals surface area contributed by atoms with Crippen molar-refractivity contribution in [1.29, 1.82) is 0 Å². The summed E-state index contributed by atoms with van der Waals surface area (Å²) in [6, 6.07) is 7.96. The minimum Gasteiger partial charge on any atom is -0.399 e. The highest BCUT2D eigenvalue weighted by Gasteiger charge is 2.51. The van der Waals surface area contributed by atoms with Gasteiger partial charge in [-0.3, -0.25) is 4.79 Å². The highest BCUT2D eigenvalue weighted by atomic mass is 32.1. The van der Waals surface area contributed by atoms with E-state index >= 15 is 0 Å². The van der Waals surface area contributed by atoms with E-state index in [1.165, 1.54) is 11.3 Å². The molecular formula is C17H21BN2O3S. The van der Waals surface area contributed by atoms with Gasteiger partial charge < -0.3 is 15.0 Å². The molecule has 1 amide bonds. The van der Waals surface area contributed by atoms with Gasteiger partial charge in [0.25, 0.3) is 0 Å². The predicted molar refractivity (Wildman–Crippen MR) is 96.2 cm³/mol. The lowest BCUT2D eigenvalue weighted by Crippen LogP contribution is -2.41. The largest absolute Gasteiger partial charge is 0.494 e. The highest BCUT2D eigenvalue weighted by molar-refractivity contribution is 7.10. The Morgan fingerprint density at radius 1 is 1.17 bits per heavy atom. The lowest BCUT2D eigenvalue weighted by Gasteiger charge is -2.32. The van der Waals surface area contributed by atoms with E-state index in [1.54, 1.807) is 0 Å². The van der Waals surface area contributed by atoms with Crippen LogP contribution in [-0.2, 0) is 20.5 Å². The van der Waals surface area contributed by atoms with Crippen LogP contribution in [0.25, 0.3) is 11.3 Å². The number of amides is 1. The number of rotatable bonds is 4. The van der Waals surface area contributed by atoms with Crippen molar-refractivity contribution >= 4 is 29.8 Å². The van der Waals surface area contributed by atoms with E-state index in [4.69, 9.17) is 15.0 Å². The molecule has 0 bridgehead atoms. The molecule has 1 aromatic carbocycles. The molecular weight excluding hydrogens is 323 g/mol. The van der Waals surface area contributed by atoms with Gasteiger partial charge in [-0.05, 0) is 33.2 Å². The van der Waals surface area contributed by atoms with Crippen molar-refractivity contribution in [3.05, 3.63) is 34.7 Å². The Hall–Kier alpha value is -1.70. The molecule has 2 aromatic rings. The summed E-state index contributed by atoms with van der Waals surface area (Å²) < 4.78 is 12.1. The Labute approximate surface area is 146 Å². The summed E-state index contributed by atoms with van der Waals surface area (Å²) in [7, 11) is -0.370. The molecule has 0 aliphatic carbocycles. The van der Waals surface area contributed by atoms with Gasteiger partial charge in [-0.15, -0.1) is 11.3 Å². The predicted octanol–water partition coefficient (Wildman–Crippen LogP) is 2.14. The van der Waals surface area contributed by atoms with Crippen LogP contribution >= 0.6 is 11.3 Å². The Kier molecular flexibility index (Phi) is 4.27. The summed E-state index contributed by atoms with van der Waals surface area (Å²) >= 11 is 1.44. The number of hydrogen-bond donors (Lipinski definition) is 1. The zero-order valence-corrected chi connectivity index (χ0v) is 15.1. The van der Waals surface area contributed by atoms with Gasteiger partial charge in [-0.1, -0.05) is 24.3 Å². The molecule has 1 aliphatic rings. The third-order valence-corrected chi connectivity index (χ3v) is 5.46. The number of carbonyl (C=O) groups excluding carboxylic acids is 1. The molecule has 2 heterocycles. The molecule has 0 spiro atoms. The smallest absolute Gasteiger partial charge is 0.399 e. The zero-order chi connectivity index (χ0) is 17.5. The van der Waals surface area contributed by atoms with Crippen molar-refractivity contribution in [3.63, 3.8) is 0 Å². The SMILES string of the molecule is CC1(C)OB(c2ccc(-c3csc(CC(N)=O)n3)cc2)OC1(C)C. The minimum absolute atomic E-state index is 0.177. The van der Waals surface area contributed by atoms with Crippen molar-refractivity contribution < 1.29 is 14.1 Å². The summed E-state index contributed by atoms with van der Waals surface area (Å²) in [5.41, 5.74) is 7.31. The third kappa shape index (κ3) is 3.24. The number of thiazole rings is 1. The van der Waals surface area contributed by atoms with E-state index in [-0.39, 0.29) is 30.6 Å². The third-order valence-electron chi connectivity index (χ3n) is 4.61. The number of carbonyl (C=O) groups is 1. The van der Waals surface area contributed by atoms with E-state index in [0.717, 1.165) is 21.7 Å². The van der Waals surface area contributed by atoms with Gasteiger partial charge in [-0.25, -0.2) is 4.98 Å². The first-order chi connectivity index (χ1) is 11.2. The molecule has 3 rings (SSSR count). The highest BCUT2D eigenvalue weighted by Crippen LogP contribution is 2.36. The van der Waals surface area contributed by atoms with Gasteiger partial charge in [-0.2, -0.15) is 0 Å². The molecule has 1 fully saturated rings. The molecule has 0 atom stereocenters. The molecule has 24 heavy (non-hydrogen) atoms. The minimum atomic E-state index is -0.370. The van der Waals surface area contributed by atoms with Crippen molar-refractivity contribution in [3.8, 4) is 11.3 Å². The first kappa shape index (κ1) is 17.1. The maximum Gasteiger partial charge on any atom is 0.494 e. The van der Waals surface area contributed by atoms with Crippen LogP contribution in [-0.4, -0.2) is 29.2 Å².